The third-order valence-electron chi connectivity index (χ3n) is 4.31. The number of aliphatic hydroxyl groups is 1. The van der Waals surface area contributed by atoms with Crippen LogP contribution in [0.25, 0.3) is 0 Å². The molecule has 0 radical (unpaired) electrons. The molecule has 1 aromatic carbocycles. The van der Waals surface area contributed by atoms with Crippen LogP contribution in [0.5, 0.6) is 5.75 Å². The zero-order valence-corrected chi connectivity index (χ0v) is 15.9. The highest BCUT2D eigenvalue weighted by atomic mass is 16.5. The fraction of sp³-hybridized carbons (Fsp3) is 0.286. The van der Waals surface area contributed by atoms with E-state index < -0.39 is 6.10 Å². The first-order chi connectivity index (χ1) is 13.5. The molecule has 1 atom stereocenters. The SMILES string of the molecule is Cc1ccc(OCc2cc(C(=O)N(C)CCC(O)c3ccccc3)no2)cn1. The second kappa shape index (κ2) is 9.14. The molecule has 146 valence electrons. The van der Waals surface area contributed by atoms with E-state index in [2.05, 4.69) is 10.1 Å². The van der Waals surface area contributed by atoms with Gasteiger partial charge in [0.25, 0.3) is 5.91 Å². The first-order valence-electron chi connectivity index (χ1n) is 9.02. The van der Waals surface area contributed by atoms with E-state index in [1.54, 1.807) is 19.3 Å². The number of hydrogen-bond acceptors (Lipinski definition) is 6. The van der Waals surface area contributed by atoms with E-state index in [-0.39, 0.29) is 18.2 Å². The Balaban J connectivity index is 1.50. The van der Waals surface area contributed by atoms with Gasteiger partial charge in [0.15, 0.2) is 11.5 Å². The van der Waals surface area contributed by atoms with E-state index in [4.69, 9.17) is 9.26 Å². The average Bonchev–Trinajstić information content (AvgIpc) is 3.20. The molecule has 1 N–H and O–H groups in total. The molecule has 7 heteroatoms. The fourth-order valence-corrected chi connectivity index (χ4v) is 2.63. The van der Waals surface area contributed by atoms with Crippen LogP contribution in [0.15, 0.2) is 59.3 Å². The van der Waals surface area contributed by atoms with Crippen molar-refractivity contribution in [1.82, 2.24) is 15.0 Å². The Bertz CT molecular complexity index is 894. The second-order valence-electron chi connectivity index (χ2n) is 6.54. The highest BCUT2D eigenvalue weighted by molar-refractivity contribution is 5.92. The molecule has 3 rings (SSSR count). The Kier molecular flexibility index (Phi) is 6.39. The fourth-order valence-electron chi connectivity index (χ4n) is 2.63. The van der Waals surface area contributed by atoms with Gasteiger partial charge in [-0.15, -0.1) is 0 Å². The van der Waals surface area contributed by atoms with Gasteiger partial charge in [-0.05, 0) is 31.0 Å². The van der Waals surface area contributed by atoms with E-state index in [0.29, 0.717) is 24.5 Å². The van der Waals surface area contributed by atoms with Crippen molar-refractivity contribution in [2.24, 2.45) is 0 Å². The largest absolute Gasteiger partial charge is 0.484 e. The standard InChI is InChI=1S/C21H23N3O4/c1-15-8-9-17(13-22-15)27-14-18-12-19(23-28-18)21(26)24(2)11-10-20(25)16-6-4-3-5-7-16/h3-9,12-13,20,25H,10-11,14H2,1-2H3. The molecule has 2 heterocycles. The van der Waals surface area contributed by atoms with Crippen LogP contribution < -0.4 is 4.74 Å². The van der Waals surface area contributed by atoms with E-state index in [1.807, 2.05) is 49.4 Å². The molecular formula is C21H23N3O4. The van der Waals surface area contributed by atoms with E-state index in [1.165, 1.54) is 4.90 Å². The van der Waals surface area contributed by atoms with Gasteiger partial charge in [-0.25, -0.2) is 0 Å². The lowest BCUT2D eigenvalue weighted by Gasteiger charge is -2.18. The van der Waals surface area contributed by atoms with Crippen molar-refractivity contribution in [3.8, 4) is 5.75 Å². The van der Waals surface area contributed by atoms with Crippen molar-refractivity contribution in [3.05, 3.63) is 77.4 Å². The zero-order valence-electron chi connectivity index (χ0n) is 15.9. The van der Waals surface area contributed by atoms with Gasteiger partial charge in [0, 0.05) is 25.4 Å². The molecule has 7 nitrogen and oxygen atoms in total. The Morgan fingerprint density at radius 1 is 1.25 bits per heavy atom. The summed E-state index contributed by atoms with van der Waals surface area (Å²) in [5, 5.41) is 14.1. The third-order valence-corrected chi connectivity index (χ3v) is 4.31. The van der Waals surface area contributed by atoms with Crippen LogP contribution in [0.3, 0.4) is 0 Å². The lowest BCUT2D eigenvalue weighted by atomic mass is 10.1. The molecule has 0 aliphatic carbocycles. The van der Waals surface area contributed by atoms with Crippen molar-refractivity contribution < 1.29 is 19.2 Å². The third kappa shape index (κ3) is 5.17. The smallest absolute Gasteiger partial charge is 0.275 e. The summed E-state index contributed by atoms with van der Waals surface area (Å²) in [5.74, 6) is 0.788. The molecule has 1 unspecified atom stereocenters. The topological polar surface area (TPSA) is 88.7 Å². The monoisotopic (exact) mass is 381 g/mol. The van der Waals surface area contributed by atoms with Crippen molar-refractivity contribution >= 4 is 5.91 Å². The van der Waals surface area contributed by atoms with Crippen molar-refractivity contribution in [1.29, 1.82) is 0 Å². The molecule has 1 amide bonds. The second-order valence-corrected chi connectivity index (χ2v) is 6.54. The van der Waals surface area contributed by atoms with Crippen LogP contribution in [0.4, 0.5) is 0 Å². The minimum atomic E-state index is -0.624. The van der Waals surface area contributed by atoms with Gasteiger partial charge in [-0.3, -0.25) is 9.78 Å². The van der Waals surface area contributed by atoms with Crippen LogP contribution in [-0.2, 0) is 6.61 Å². The Morgan fingerprint density at radius 2 is 2.04 bits per heavy atom. The van der Waals surface area contributed by atoms with E-state index in [9.17, 15) is 9.90 Å². The quantitative estimate of drug-likeness (QED) is 0.645. The zero-order chi connectivity index (χ0) is 19.9. The minimum Gasteiger partial charge on any atom is -0.484 e. The summed E-state index contributed by atoms with van der Waals surface area (Å²) in [6.45, 7) is 2.44. The van der Waals surface area contributed by atoms with Crippen LogP contribution in [0.2, 0.25) is 0 Å². The summed E-state index contributed by atoms with van der Waals surface area (Å²) >= 11 is 0. The van der Waals surface area contributed by atoms with Crippen LogP contribution in [0, 0.1) is 6.92 Å². The highest BCUT2D eigenvalue weighted by Gasteiger charge is 2.18. The number of hydrogen-bond donors (Lipinski definition) is 1. The molecular weight excluding hydrogens is 358 g/mol. The summed E-state index contributed by atoms with van der Waals surface area (Å²) in [6.07, 6.45) is 1.44. The summed E-state index contributed by atoms with van der Waals surface area (Å²) in [4.78, 5) is 18.2. The first-order valence-corrected chi connectivity index (χ1v) is 9.02. The number of aromatic nitrogens is 2. The normalized spacial score (nSPS) is 11.8. The molecule has 0 fully saturated rings. The molecule has 0 aliphatic rings. The number of ether oxygens (including phenoxy) is 1. The summed E-state index contributed by atoms with van der Waals surface area (Å²) < 4.78 is 10.8. The van der Waals surface area contributed by atoms with Gasteiger partial charge < -0.3 is 19.3 Å². The number of carbonyl (C=O) groups is 1. The molecule has 28 heavy (non-hydrogen) atoms. The summed E-state index contributed by atoms with van der Waals surface area (Å²) in [7, 11) is 1.67. The number of nitrogens with zero attached hydrogens (tertiary/aromatic N) is 3. The van der Waals surface area contributed by atoms with Crippen molar-refractivity contribution in [2.45, 2.75) is 26.1 Å². The number of aliphatic hydroxyl groups excluding tert-OH is 1. The maximum Gasteiger partial charge on any atom is 0.275 e. The van der Waals surface area contributed by atoms with Gasteiger partial charge in [0.1, 0.15) is 12.4 Å². The lowest BCUT2D eigenvalue weighted by Crippen LogP contribution is -2.29. The molecule has 2 aromatic heterocycles. The maximum atomic E-state index is 12.5. The maximum absolute atomic E-state index is 12.5. The predicted octanol–water partition coefficient (Wildman–Crippen LogP) is 3.15. The number of amides is 1. The van der Waals surface area contributed by atoms with Gasteiger partial charge in [0.2, 0.25) is 0 Å². The minimum absolute atomic E-state index is 0.154. The highest BCUT2D eigenvalue weighted by Crippen LogP contribution is 2.17. The molecule has 3 aromatic rings. The average molecular weight is 381 g/mol. The predicted molar refractivity (Wildman–Crippen MR) is 103 cm³/mol. The van der Waals surface area contributed by atoms with Crippen LogP contribution in [-0.4, -0.2) is 39.6 Å². The Labute approximate surface area is 163 Å². The van der Waals surface area contributed by atoms with Crippen molar-refractivity contribution in [2.75, 3.05) is 13.6 Å². The van der Waals surface area contributed by atoms with Gasteiger partial charge in [-0.2, -0.15) is 0 Å². The van der Waals surface area contributed by atoms with Crippen molar-refractivity contribution in [3.63, 3.8) is 0 Å². The number of aryl methyl sites for hydroxylation is 1. The molecule has 0 spiro atoms. The van der Waals surface area contributed by atoms with Crippen LogP contribution >= 0.6 is 0 Å². The Hall–Kier alpha value is -3.19. The number of benzene rings is 1. The molecule has 0 bridgehead atoms. The first kappa shape index (κ1) is 19.6. The van der Waals surface area contributed by atoms with E-state index in [0.717, 1.165) is 11.3 Å². The summed E-state index contributed by atoms with van der Waals surface area (Å²) in [5.41, 5.74) is 1.94. The number of pyridine rings is 1. The van der Waals surface area contributed by atoms with E-state index >= 15 is 0 Å². The lowest BCUT2D eigenvalue weighted by molar-refractivity contribution is 0.0751. The van der Waals surface area contributed by atoms with Crippen LogP contribution in [0.1, 0.15) is 40.0 Å². The number of rotatable bonds is 8. The summed E-state index contributed by atoms with van der Waals surface area (Å²) in [6, 6.07) is 14.6. The molecule has 0 aliphatic heterocycles. The molecule has 0 saturated heterocycles. The molecule has 0 saturated carbocycles. The van der Waals surface area contributed by atoms with Gasteiger partial charge >= 0.3 is 0 Å². The van der Waals surface area contributed by atoms with Gasteiger partial charge in [0.05, 0.1) is 12.3 Å². The Morgan fingerprint density at radius 3 is 2.75 bits per heavy atom. The van der Waals surface area contributed by atoms with Gasteiger partial charge in [-0.1, -0.05) is 35.5 Å². The number of carbonyl (C=O) groups excluding carboxylic acids is 1.